The number of rotatable bonds is 1. The van der Waals surface area contributed by atoms with Gasteiger partial charge in [0.25, 0.3) is 5.69 Å². The summed E-state index contributed by atoms with van der Waals surface area (Å²) < 4.78 is 0.572. The summed E-state index contributed by atoms with van der Waals surface area (Å²) in [5.74, 6) is 0. The van der Waals surface area contributed by atoms with Crippen molar-refractivity contribution in [3.8, 4) is 0 Å². The molecule has 0 spiro atoms. The van der Waals surface area contributed by atoms with Crippen LogP contribution < -0.4 is 0 Å². The maximum atomic E-state index is 10.5. The fourth-order valence-electron chi connectivity index (χ4n) is 0.926. The third-order valence-electron chi connectivity index (χ3n) is 1.40. The molecule has 0 fully saturated rings. The van der Waals surface area contributed by atoms with E-state index < -0.39 is 4.92 Å². The van der Waals surface area contributed by atoms with Gasteiger partial charge in [-0.15, -0.1) is 0 Å². The quantitative estimate of drug-likeness (QED) is 0.454. The number of nitrogens with zero attached hydrogens (tertiary/aromatic N) is 1. The average molecular weight is 297 g/mol. The van der Waals surface area contributed by atoms with Crippen molar-refractivity contribution < 1.29 is 4.92 Å². The first-order valence-corrected chi connectivity index (χ1v) is 4.58. The zero-order chi connectivity index (χ0) is 9.30. The molecule has 5 heteroatoms. The molecule has 64 valence electrons. The van der Waals surface area contributed by atoms with Gasteiger partial charge >= 0.3 is 0 Å². The standard InChI is InChI=1S/C7H5ClINO2/c1-4-2-5(8)3-6(9)7(4)10(11)12/h2-3H,1H3. The van der Waals surface area contributed by atoms with E-state index in [0.29, 0.717) is 14.2 Å². The monoisotopic (exact) mass is 297 g/mol. The number of nitro groups is 1. The highest BCUT2D eigenvalue weighted by Crippen LogP contribution is 2.28. The van der Waals surface area contributed by atoms with E-state index in [4.69, 9.17) is 11.6 Å². The summed E-state index contributed by atoms with van der Waals surface area (Å²) in [6, 6.07) is 3.16. The van der Waals surface area contributed by atoms with Crippen LogP contribution in [0.5, 0.6) is 0 Å². The van der Waals surface area contributed by atoms with Crippen molar-refractivity contribution >= 4 is 39.9 Å². The van der Waals surface area contributed by atoms with Gasteiger partial charge in [0, 0.05) is 10.6 Å². The molecule has 0 amide bonds. The van der Waals surface area contributed by atoms with Gasteiger partial charge in [-0.25, -0.2) is 0 Å². The van der Waals surface area contributed by atoms with E-state index in [1.165, 1.54) is 0 Å². The molecular formula is C7H5ClINO2. The Balaban J connectivity index is 3.38. The number of nitro benzene ring substituents is 1. The van der Waals surface area contributed by atoms with Gasteiger partial charge in [0.2, 0.25) is 0 Å². The topological polar surface area (TPSA) is 43.1 Å². The lowest BCUT2D eigenvalue weighted by atomic mass is 10.2. The molecule has 0 aliphatic rings. The van der Waals surface area contributed by atoms with Crippen LogP contribution in [-0.4, -0.2) is 4.92 Å². The Morgan fingerprint density at radius 1 is 1.58 bits per heavy atom. The Hall–Kier alpha value is -0.360. The average Bonchev–Trinajstić information content (AvgIpc) is 1.82. The molecule has 1 rings (SSSR count). The summed E-state index contributed by atoms with van der Waals surface area (Å²) in [6.45, 7) is 1.67. The van der Waals surface area contributed by atoms with Gasteiger partial charge in [0.15, 0.2) is 0 Å². The van der Waals surface area contributed by atoms with E-state index in [0.717, 1.165) is 0 Å². The molecule has 1 aromatic rings. The number of benzene rings is 1. The third kappa shape index (κ3) is 1.87. The molecule has 0 aromatic heterocycles. The summed E-state index contributed by atoms with van der Waals surface area (Å²) in [5, 5.41) is 11.0. The number of hydrogen-bond acceptors (Lipinski definition) is 2. The molecule has 12 heavy (non-hydrogen) atoms. The number of hydrogen-bond donors (Lipinski definition) is 0. The van der Waals surface area contributed by atoms with E-state index >= 15 is 0 Å². The van der Waals surface area contributed by atoms with Gasteiger partial charge in [-0.05, 0) is 41.6 Å². The molecule has 0 saturated heterocycles. The predicted molar refractivity (Wildman–Crippen MR) is 55.6 cm³/mol. The van der Waals surface area contributed by atoms with Crippen LogP contribution in [0.1, 0.15) is 5.56 Å². The largest absolute Gasteiger partial charge is 0.285 e. The fourth-order valence-corrected chi connectivity index (χ4v) is 2.34. The lowest BCUT2D eigenvalue weighted by Gasteiger charge is -1.99. The normalized spacial score (nSPS) is 9.92. The Bertz CT molecular complexity index is 317. The maximum absolute atomic E-state index is 10.5. The molecule has 0 N–H and O–H groups in total. The molecule has 0 saturated carbocycles. The van der Waals surface area contributed by atoms with Gasteiger partial charge in [0.1, 0.15) is 0 Å². The van der Waals surface area contributed by atoms with Crippen LogP contribution >= 0.6 is 34.2 Å². The molecule has 0 unspecified atom stereocenters. The molecule has 0 aliphatic heterocycles. The zero-order valence-corrected chi connectivity index (χ0v) is 9.09. The van der Waals surface area contributed by atoms with Crippen LogP contribution in [0.2, 0.25) is 5.02 Å². The number of aryl methyl sites for hydroxylation is 1. The molecule has 0 aliphatic carbocycles. The Morgan fingerprint density at radius 2 is 2.17 bits per heavy atom. The second-order valence-electron chi connectivity index (χ2n) is 2.31. The molecule has 1 aromatic carbocycles. The van der Waals surface area contributed by atoms with Gasteiger partial charge in [0.05, 0.1) is 8.49 Å². The Kier molecular flexibility index (Phi) is 2.89. The van der Waals surface area contributed by atoms with Gasteiger partial charge in [-0.1, -0.05) is 11.6 Å². The Morgan fingerprint density at radius 3 is 2.58 bits per heavy atom. The minimum atomic E-state index is -0.395. The second-order valence-corrected chi connectivity index (χ2v) is 3.91. The summed E-state index contributed by atoms with van der Waals surface area (Å²) in [4.78, 5) is 10.1. The number of halogens is 2. The fraction of sp³-hybridized carbons (Fsp3) is 0.143. The minimum absolute atomic E-state index is 0.139. The van der Waals surface area contributed by atoms with Crippen molar-refractivity contribution in [2.45, 2.75) is 6.92 Å². The van der Waals surface area contributed by atoms with Crippen molar-refractivity contribution in [3.05, 3.63) is 36.4 Å². The van der Waals surface area contributed by atoms with Crippen molar-refractivity contribution in [1.29, 1.82) is 0 Å². The molecule has 0 atom stereocenters. The van der Waals surface area contributed by atoms with Gasteiger partial charge in [-0.2, -0.15) is 0 Å². The minimum Gasteiger partial charge on any atom is -0.258 e. The molecule has 0 heterocycles. The van der Waals surface area contributed by atoms with Crippen molar-refractivity contribution in [2.75, 3.05) is 0 Å². The van der Waals surface area contributed by atoms with Crippen LogP contribution in [0.3, 0.4) is 0 Å². The molecule has 0 bridgehead atoms. The summed E-state index contributed by atoms with van der Waals surface area (Å²) in [7, 11) is 0. The first-order chi connectivity index (χ1) is 5.52. The van der Waals surface area contributed by atoms with E-state index in [1.54, 1.807) is 19.1 Å². The van der Waals surface area contributed by atoms with Crippen LogP contribution in [0.25, 0.3) is 0 Å². The highest BCUT2D eigenvalue weighted by molar-refractivity contribution is 14.1. The van der Waals surface area contributed by atoms with E-state index in [-0.39, 0.29) is 5.69 Å². The van der Waals surface area contributed by atoms with E-state index in [9.17, 15) is 10.1 Å². The van der Waals surface area contributed by atoms with Crippen LogP contribution in [0.15, 0.2) is 12.1 Å². The first kappa shape index (κ1) is 9.73. The van der Waals surface area contributed by atoms with Gasteiger partial charge in [-0.3, -0.25) is 10.1 Å². The second kappa shape index (κ2) is 3.57. The highest BCUT2D eigenvalue weighted by Gasteiger charge is 2.15. The van der Waals surface area contributed by atoms with Crippen molar-refractivity contribution in [3.63, 3.8) is 0 Å². The summed E-state index contributed by atoms with van der Waals surface area (Å²) in [6.07, 6.45) is 0. The van der Waals surface area contributed by atoms with Gasteiger partial charge < -0.3 is 0 Å². The van der Waals surface area contributed by atoms with Crippen molar-refractivity contribution in [1.82, 2.24) is 0 Å². The van der Waals surface area contributed by atoms with Crippen LogP contribution in [0, 0.1) is 20.6 Å². The van der Waals surface area contributed by atoms with E-state index in [1.807, 2.05) is 22.6 Å². The van der Waals surface area contributed by atoms with Crippen molar-refractivity contribution in [2.24, 2.45) is 0 Å². The van der Waals surface area contributed by atoms with Crippen LogP contribution in [0.4, 0.5) is 5.69 Å². The maximum Gasteiger partial charge on any atom is 0.285 e. The van der Waals surface area contributed by atoms with E-state index in [2.05, 4.69) is 0 Å². The summed E-state index contributed by atoms with van der Waals surface area (Å²) >= 11 is 7.60. The SMILES string of the molecule is Cc1cc(Cl)cc(I)c1[N+](=O)[O-]. The predicted octanol–water partition coefficient (Wildman–Crippen LogP) is 3.16. The first-order valence-electron chi connectivity index (χ1n) is 3.12. The Labute approximate surface area is 88.0 Å². The van der Waals surface area contributed by atoms with Crippen LogP contribution in [-0.2, 0) is 0 Å². The third-order valence-corrected chi connectivity index (χ3v) is 2.44. The zero-order valence-electron chi connectivity index (χ0n) is 6.17. The molecule has 3 nitrogen and oxygen atoms in total. The lowest BCUT2D eigenvalue weighted by Crippen LogP contribution is -1.94. The smallest absolute Gasteiger partial charge is 0.258 e. The highest BCUT2D eigenvalue weighted by atomic mass is 127. The lowest BCUT2D eigenvalue weighted by molar-refractivity contribution is -0.386. The summed E-state index contributed by atoms with van der Waals surface area (Å²) in [5.41, 5.74) is 0.733. The molecule has 0 radical (unpaired) electrons. The molecular weight excluding hydrogens is 292 g/mol.